The molecule has 0 radical (unpaired) electrons. The number of carbonyl (C=O) groups is 1. The van der Waals surface area contributed by atoms with Crippen molar-refractivity contribution in [3.8, 4) is 0 Å². The van der Waals surface area contributed by atoms with Gasteiger partial charge in [0.15, 0.2) is 0 Å². The molecule has 0 aromatic carbocycles. The van der Waals surface area contributed by atoms with Crippen molar-refractivity contribution in [3.63, 3.8) is 0 Å². The number of rotatable bonds is 2. The Balaban J connectivity index is 0. The lowest BCUT2D eigenvalue weighted by molar-refractivity contribution is -0.122. The highest BCUT2D eigenvalue weighted by molar-refractivity contribution is 5.32. The molecule has 0 unspecified atom stereocenters. The molecule has 0 fully saturated rings. The largest absolute Gasteiger partial charge is 0.483 e. The van der Waals surface area contributed by atoms with E-state index >= 15 is 0 Å². The van der Waals surface area contributed by atoms with Gasteiger partial charge < -0.3 is 10.2 Å². The van der Waals surface area contributed by atoms with Crippen LogP contribution in [0.1, 0.15) is 13.3 Å². The quantitative estimate of drug-likeness (QED) is 0.428. The Labute approximate surface area is 54.6 Å². The second-order valence-corrected chi connectivity index (χ2v) is 1.54. The first-order chi connectivity index (χ1) is 4.18. The molecule has 2 N–H and O–H groups in total. The molecule has 3 heteroatoms. The van der Waals surface area contributed by atoms with Crippen molar-refractivity contribution in [2.45, 2.75) is 13.3 Å². The van der Waals surface area contributed by atoms with Gasteiger partial charge in [-0.1, -0.05) is 5.57 Å². The lowest BCUT2D eigenvalue weighted by Gasteiger charge is -1.87. The molecule has 0 spiro atoms. The number of hydrogen-bond acceptors (Lipinski definition) is 2. The molecule has 0 atom stereocenters. The van der Waals surface area contributed by atoms with Crippen molar-refractivity contribution in [1.29, 1.82) is 0 Å². The van der Waals surface area contributed by atoms with Gasteiger partial charge in [0.25, 0.3) is 6.47 Å². The van der Waals surface area contributed by atoms with E-state index in [9.17, 15) is 0 Å². The van der Waals surface area contributed by atoms with Crippen LogP contribution in [0.15, 0.2) is 12.2 Å². The fraction of sp³-hybridized carbons (Fsp3) is 0.500. The van der Waals surface area contributed by atoms with E-state index < -0.39 is 0 Å². The van der Waals surface area contributed by atoms with E-state index in [2.05, 4.69) is 6.58 Å². The number of aliphatic hydroxyl groups is 1. The number of hydrogen-bond donors (Lipinski definition) is 2. The molecule has 0 aliphatic carbocycles. The molecule has 0 bridgehead atoms. The molecular weight excluding hydrogens is 120 g/mol. The molecule has 0 rings (SSSR count). The smallest absolute Gasteiger partial charge is 0.290 e. The average molecular weight is 132 g/mol. The highest BCUT2D eigenvalue weighted by Crippen LogP contribution is 1.90. The van der Waals surface area contributed by atoms with Crippen LogP contribution in [0.25, 0.3) is 0 Å². The summed E-state index contributed by atoms with van der Waals surface area (Å²) in [5.74, 6) is 0. The van der Waals surface area contributed by atoms with Gasteiger partial charge in [0.05, 0.1) is 0 Å². The fourth-order valence-electron chi connectivity index (χ4n) is 0.191. The summed E-state index contributed by atoms with van der Waals surface area (Å²) in [5, 5.41) is 15.1. The van der Waals surface area contributed by atoms with Gasteiger partial charge >= 0.3 is 0 Å². The van der Waals surface area contributed by atoms with Crippen LogP contribution in [-0.4, -0.2) is 23.3 Å². The Morgan fingerprint density at radius 1 is 1.78 bits per heavy atom. The van der Waals surface area contributed by atoms with Gasteiger partial charge in [-0.2, -0.15) is 0 Å². The highest BCUT2D eigenvalue weighted by atomic mass is 16.3. The monoisotopic (exact) mass is 132 g/mol. The van der Waals surface area contributed by atoms with Gasteiger partial charge in [-0.3, -0.25) is 4.79 Å². The zero-order valence-electron chi connectivity index (χ0n) is 5.50. The normalized spacial score (nSPS) is 6.89. The summed E-state index contributed by atoms with van der Waals surface area (Å²) >= 11 is 0. The van der Waals surface area contributed by atoms with Gasteiger partial charge in [-0.25, -0.2) is 0 Å². The van der Waals surface area contributed by atoms with Crippen LogP contribution in [0.3, 0.4) is 0 Å². The molecule has 9 heavy (non-hydrogen) atoms. The molecular formula is C6H12O3. The summed E-state index contributed by atoms with van der Waals surface area (Å²) in [5.41, 5.74) is 1.04. The molecule has 0 heterocycles. The zero-order valence-corrected chi connectivity index (χ0v) is 5.50. The predicted molar refractivity (Wildman–Crippen MR) is 35.2 cm³/mol. The zero-order chi connectivity index (χ0) is 7.70. The van der Waals surface area contributed by atoms with Gasteiger partial charge in [-0.05, 0) is 13.3 Å². The maximum absolute atomic E-state index is 8.36. The topological polar surface area (TPSA) is 57.5 Å². The van der Waals surface area contributed by atoms with E-state index in [0.717, 1.165) is 12.0 Å². The van der Waals surface area contributed by atoms with E-state index in [-0.39, 0.29) is 13.1 Å². The minimum Gasteiger partial charge on any atom is -0.483 e. The number of carboxylic acid groups (broad SMARTS) is 1. The number of aliphatic hydroxyl groups excluding tert-OH is 1. The Hall–Kier alpha value is -0.830. The molecule has 0 aromatic rings. The predicted octanol–water partition coefficient (Wildman–Crippen LogP) is 0.646. The second kappa shape index (κ2) is 10.2. The summed E-state index contributed by atoms with van der Waals surface area (Å²) in [6, 6.07) is 0. The molecule has 3 nitrogen and oxygen atoms in total. The summed E-state index contributed by atoms with van der Waals surface area (Å²) in [4.78, 5) is 8.36. The summed E-state index contributed by atoms with van der Waals surface area (Å²) in [7, 11) is 0. The molecule has 0 aliphatic rings. The first-order valence-corrected chi connectivity index (χ1v) is 2.52. The lowest BCUT2D eigenvalue weighted by Crippen LogP contribution is -1.79. The van der Waals surface area contributed by atoms with Crippen molar-refractivity contribution < 1.29 is 15.0 Å². The lowest BCUT2D eigenvalue weighted by atomic mass is 10.3. The summed E-state index contributed by atoms with van der Waals surface area (Å²) in [6.07, 6.45) is 0.736. The minimum atomic E-state index is -0.250. The third-order valence-electron chi connectivity index (χ3n) is 0.539. The molecule has 0 aliphatic heterocycles. The Morgan fingerprint density at radius 3 is 2.11 bits per heavy atom. The van der Waals surface area contributed by atoms with Crippen molar-refractivity contribution >= 4 is 6.47 Å². The van der Waals surface area contributed by atoms with E-state index in [4.69, 9.17) is 15.0 Å². The second-order valence-electron chi connectivity index (χ2n) is 1.54. The van der Waals surface area contributed by atoms with Gasteiger partial charge in [0, 0.05) is 6.61 Å². The minimum absolute atomic E-state index is 0.231. The molecule has 0 amide bonds. The molecule has 0 saturated heterocycles. The average Bonchev–Trinajstić information content (AvgIpc) is 1.67. The first-order valence-electron chi connectivity index (χ1n) is 2.52. The van der Waals surface area contributed by atoms with Crippen molar-refractivity contribution in [1.82, 2.24) is 0 Å². The van der Waals surface area contributed by atoms with Crippen LogP contribution in [0.5, 0.6) is 0 Å². The van der Waals surface area contributed by atoms with Crippen molar-refractivity contribution in [2.24, 2.45) is 0 Å². The van der Waals surface area contributed by atoms with Crippen LogP contribution in [0.4, 0.5) is 0 Å². The van der Waals surface area contributed by atoms with Crippen LogP contribution < -0.4 is 0 Å². The molecule has 0 aromatic heterocycles. The summed E-state index contributed by atoms with van der Waals surface area (Å²) < 4.78 is 0. The van der Waals surface area contributed by atoms with Crippen LogP contribution in [-0.2, 0) is 4.79 Å². The first kappa shape index (κ1) is 11.0. The molecule has 54 valence electrons. The van der Waals surface area contributed by atoms with E-state index in [0.29, 0.717) is 0 Å². The van der Waals surface area contributed by atoms with Crippen LogP contribution >= 0.6 is 0 Å². The van der Waals surface area contributed by atoms with Crippen LogP contribution in [0.2, 0.25) is 0 Å². The maximum Gasteiger partial charge on any atom is 0.290 e. The van der Waals surface area contributed by atoms with E-state index in [1.54, 1.807) is 0 Å². The van der Waals surface area contributed by atoms with Crippen molar-refractivity contribution in [2.75, 3.05) is 6.61 Å². The highest BCUT2D eigenvalue weighted by Gasteiger charge is 1.77. The summed E-state index contributed by atoms with van der Waals surface area (Å²) in [6.45, 7) is 5.47. The standard InChI is InChI=1S/C5H10O.CH2O2/c1-5(2)3-4-6;2-1-3/h6H,1,3-4H2,2H3;1H,(H,2,3). The Kier molecular flexibility index (Phi) is 12.5. The third kappa shape index (κ3) is 40.7. The third-order valence-corrected chi connectivity index (χ3v) is 0.539. The Morgan fingerprint density at radius 2 is 2.11 bits per heavy atom. The maximum atomic E-state index is 8.36. The van der Waals surface area contributed by atoms with Crippen molar-refractivity contribution in [3.05, 3.63) is 12.2 Å². The van der Waals surface area contributed by atoms with Crippen LogP contribution in [0, 0.1) is 0 Å². The van der Waals surface area contributed by atoms with Gasteiger partial charge in [0.2, 0.25) is 0 Å². The van der Waals surface area contributed by atoms with E-state index in [1.165, 1.54) is 0 Å². The Bertz CT molecular complexity index is 78.4. The van der Waals surface area contributed by atoms with E-state index in [1.807, 2.05) is 6.92 Å². The SMILES string of the molecule is C=C(C)CCO.O=CO. The van der Waals surface area contributed by atoms with Gasteiger partial charge in [-0.15, -0.1) is 6.58 Å². The van der Waals surface area contributed by atoms with Gasteiger partial charge in [0.1, 0.15) is 0 Å². The molecule has 0 saturated carbocycles. The fourth-order valence-corrected chi connectivity index (χ4v) is 0.191.